The fraction of sp³-hybridized carbons (Fsp3) is 1.00. The Morgan fingerprint density at radius 1 is 1.23 bits per heavy atom. The van der Waals surface area contributed by atoms with Crippen LogP contribution in [0.4, 0.5) is 0 Å². The van der Waals surface area contributed by atoms with Crippen molar-refractivity contribution < 1.29 is 0 Å². The van der Waals surface area contributed by atoms with Gasteiger partial charge in [0.05, 0.1) is 0 Å². The van der Waals surface area contributed by atoms with Gasteiger partial charge in [-0.1, -0.05) is 0 Å². The maximum Gasteiger partial charge on any atom is 0.0109 e. The second-order valence-corrected chi connectivity index (χ2v) is 3.99. The van der Waals surface area contributed by atoms with Gasteiger partial charge in [-0.15, -0.1) is 0 Å². The van der Waals surface area contributed by atoms with Gasteiger partial charge < -0.3 is 15.5 Å². The highest BCUT2D eigenvalue weighted by Gasteiger charge is 2.11. The first-order valence-corrected chi connectivity index (χ1v) is 5.44. The summed E-state index contributed by atoms with van der Waals surface area (Å²) in [6.45, 7) is 7.01. The zero-order valence-corrected chi connectivity index (χ0v) is 8.84. The van der Waals surface area contributed by atoms with E-state index < -0.39 is 0 Å². The lowest BCUT2D eigenvalue weighted by molar-refractivity contribution is 0.256. The Hall–Kier alpha value is -0.120. The second-order valence-electron chi connectivity index (χ2n) is 3.99. The molecular formula is C10H23N3. The van der Waals surface area contributed by atoms with Crippen molar-refractivity contribution in [2.75, 3.05) is 46.3 Å². The third kappa shape index (κ3) is 4.60. The topological polar surface area (TPSA) is 32.5 Å². The molecule has 0 atom stereocenters. The van der Waals surface area contributed by atoms with Crippen molar-refractivity contribution >= 4 is 0 Å². The fourth-order valence-electron chi connectivity index (χ4n) is 1.79. The number of hydrogen-bond donors (Lipinski definition) is 1. The third-order valence-electron chi connectivity index (χ3n) is 2.74. The highest BCUT2D eigenvalue weighted by molar-refractivity contribution is 4.67. The van der Waals surface area contributed by atoms with Gasteiger partial charge in [0.15, 0.2) is 0 Å². The first-order valence-electron chi connectivity index (χ1n) is 5.44. The van der Waals surface area contributed by atoms with Crippen LogP contribution in [0.3, 0.4) is 0 Å². The van der Waals surface area contributed by atoms with Gasteiger partial charge in [0.25, 0.3) is 0 Å². The molecule has 1 heterocycles. The quantitative estimate of drug-likeness (QED) is 0.648. The molecule has 3 nitrogen and oxygen atoms in total. The molecule has 0 bridgehead atoms. The van der Waals surface area contributed by atoms with Crippen molar-refractivity contribution in [2.24, 2.45) is 5.73 Å². The molecular weight excluding hydrogens is 162 g/mol. The molecule has 78 valence electrons. The summed E-state index contributed by atoms with van der Waals surface area (Å²) in [6, 6.07) is 0. The fourth-order valence-corrected chi connectivity index (χ4v) is 1.79. The monoisotopic (exact) mass is 185 g/mol. The zero-order chi connectivity index (χ0) is 9.52. The Bertz CT molecular complexity index is 121. The molecule has 0 aliphatic carbocycles. The van der Waals surface area contributed by atoms with Crippen molar-refractivity contribution in [3.63, 3.8) is 0 Å². The van der Waals surface area contributed by atoms with E-state index in [1.165, 1.54) is 39.0 Å². The zero-order valence-electron chi connectivity index (χ0n) is 8.84. The van der Waals surface area contributed by atoms with Crippen molar-refractivity contribution in [1.82, 2.24) is 9.80 Å². The van der Waals surface area contributed by atoms with E-state index in [-0.39, 0.29) is 0 Å². The predicted octanol–water partition coefficient (Wildman–Crippen LogP) is 0.363. The van der Waals surface area contributed by atoms with Crippen LogP contribution in [-0.2, 0) is 0 Å². The molecule has 13 heavy (non-hydrogen) atoms. The van der Waals surface area contributed by atoms with Crippen molar-refractivity contribution in [3.8, 4) is 0 Å². The van der Waals surface area contributed by atoms with Crippen LogP contribution in [0.25, 0.3) is 0 Å². The summed E-state index contributed by atoms with van der Waals surface area (Å²) in [7, 11) is 2.19. The van der Waals surface area contributed by atoms with Crippen molar-refractivity contribution in [3.05, 3.63) is 0 Å². The van der Waals surface area contributed by atoms with E-state index in [0.717, 1.165) is 19.5 Å². The van der Waals surface area contributed by atoms with E-state index in [2.05, 4.69) is 16.8 Å². The molecule has 0 aromatic heterocycles. The summed E-state index contributed by atoms with van der Waals surface area (Å²) in [4.78, 5) is 4.93. The lowest BCUT2D eigenvalue weighted by Crippen LogP contribution is -2.32. The Morgan fingerprint density at radius 3 is 2.54 bits per heavy atom. The summed E-state index contributed by atoms with van der Waals surface area (Å²) in [6.07, 6.45) is 3.91. The minimum atomic E-state index is 0.814. The maximum atomic E-state index is 5.46. The molecule has 1 aliphatic rings. The van der Waals surface area contributed by atoms with Crippen LogP contribution in [-0.4, -0.2) is 56.1 Å². The van der Waals surface area contributed by atoms with E-state index >= 15 is 0 Å². The predicted molar refractivity (Wildman–Crippen MR) is 56.8 cm³/mol. The highest BCUT2D eigenvalue weighted by atomic mass is 15.2. The van der Waals surface area contributed by atoms with Gasteiger partial charge >= 0.3 is 0 Å². The smallest absolute Gasteiger partial charge is 0.0109 e. The van der Waals surface area contributed by atoms with Crippen LogP contribution in [0.15, 0.2) is 0 Å². The molecule has 0 spiro atoms. The lowest BCUT2D eigenvalue weighted by Gasteiger charge is -2.20. The lowest BCUT2D eigenvalue weighted by atomic mass is 10.4. The molecule has 0 unspecified atom stereocenters. The minimum absolute atomic E-state index is 0.814. The Morgan fingerprint density at radius 2 is 1.92 bits per heavy atom. The molecule has 0 saturated carbocycles. The van der Waals surface area contributed by atoms with Crippen LogP contribution >= 0.6 is 0 Å². The van der Waals surface area contributed by atoms with Crippen molar-refractivity contribution in [1.29, 1.82) is 0 Å². The molecule has 3 heteroatoms. The standard InChI is InChI=1S/C10H23N3/c1-12(6-4-5-11)9-10-13-7-2-3-8-13/h2-11H2,1H3. The van der Waals surface area contributed by atoms with Gasteiger partial charge in [-0.3, -0.25) is 0 Å². The van der Waals surface area contributed by atoms with E-state index in [4.69, 9.17) is 5.73 Å². The number of likely N-dealkylation sites (N-methyl/N-ethyl adjacent to an activating group) is 1. The van der Waals surface area contributed by atoms with E-state index in [9.17, 15) is 0 Å². The van der Waals surface area contributed by atoms with E-state index in [1.807, 2.05) is 0 Å². The number of hydrogen-bond acceptors (Lipinski definition) is 3. The Balaban J connectivity index is 1.97. The molecule has 1 aliphatic heterocycles. The third-order valence-corrected chi connectivity index (χ3v) is 2.74. The first kappa shape index (κ1) is 11.0. The van der Waals surface area contributed by atoms with Gasteiger partial charge in [0.2, 0.25) is 0 Å². The molecule has 1 rings (SSSR count). The molecule has 0 aromatic rings. The molecule has 0 aromatic carbocycles. The number of rotatable bonds is 6. The van der Waals surface area contributed by atoms with E-state index in [0.29, 0.717) is 0 Å². The number of likely N-dealkylation sites (tertiary alicyclic amines) is 1. The van der Waals surface area contributed by atoms with E-state index in [1.54, 1.807) is 0 Å². The Kier molecular flexibility index (Phi) is 5.35. The molecule has 2 N–H and O–H groups in total. The highest BCUT2D eigenvalue weighted by Crippen LogP contribution is 2.06. The molecule has 0 radical (unpaired) electrons. The summed E-state index contributed by atoms with van der Waals surface area (Å²) in [5, 5.41) is 0. The van der Waals surface area contributed by atoms with Gasteiger partial charge in [-0.05, 0) is 52.5 Å². The average molecular weight is 185 g/mol. The number of nitrogens with two attached hydrogens (primary N) is 1. The largest absolute Gasteiger partial charge is 0.330 e. The summed E-state index contributed by atoms with van der Waals surface area (Å²) >= 11 is 0. The SMILES string of the molecule is CN(CCCN)CCN1CCCC1. The van der Waals surface area contributed by atoms with Crippen LogP contribution in [0, 0.1) is 0 Å². The maximum absolute atomic E-state index is 5.46. The first-order chi connectivity index (χ1) is 6.33. The summed E-state index contributed by atoms with van der Waals surface area (Å²) in [5.41, 5.74) is 5.46. The van der Waals surface area contributed by atoms with Crippen LogP contribution in [0.5, 0.6) is 0 Å². The molecule has 1 fully saturated rings. The molecule has 0 amide bonds. The van der Waals surface area contributed by atoms with Gasteiger partial charge in [0.1, 0.15) is 0 Å². The van der Waals surface area contributed by atoms with Gasteiger partial charge in [-0.2, -0.15) is 0 Å². The average Bonchev–Trinajstić information content (AvgIpc) is 2.64. The van der Waals surface area contributed by atoms with Crippen LogP contribution in [0.1, 0.15) is 19.3 Å². The van der Waals surface area contributed by atoms with Crippen LogP contribution in [0.2, 0.25) is 0 Å². The van der Waals surface area contributed by atoms with Crippen molar-refractivity contribution in [2.45, 2.75) is 19.3 Å². The van der Waals surface area contributed by atoms with Gasteiger partial charge in [0, 0.05) is 13.1 Å². The van der Waals surface area contributed by atoms with Crippen LogP contribution < -0.4 is 5.73 Å². The number of nitrogens with zero attached hydrogens (tertiary/aromatic N) is 2. The van der Waals surface area contributed by atoms with Gasteiger partial charge in [-0.25, -0.2) is 0 Å². The summed E-state index contributed by atoms with van der Waals surface area (Å²) < 4.78 is 0. The summed E-state index contributed by atoms with van der Waals surface area (Å²) in [5.74, 6) is 0. The minimum Gasteiger partial charge on any atom is -0.330 e. The Labute approximate surface area is 81.9 Å². The second kappa shape index (κ2) is 6.35. The normalized spacial score (nSPS) is 18.7. The molecule has 1 saturated heterocycles.